The summed E-state index contributed by atoms with van der Waals surface area (Å²) < 4.78 is 22.1. The molecule has 0 radical (unpaired) electrons. The molecule has 0 spiro atoms. The van der Waals surface area contributed by atoms with Crippen molar-refractivity contribution in [3.63, 3.8) is 0 Å². The summed E-state index contributed by atoms with van der Waals surface area (Å²) in [6, 6.07) is 0. The van der Waals surface area contributed by atoms with Gasteiger partial charge < -0.3 is 10.2 Å². The SMILES string of the molecule is CCS(=O)(=O)[C@@H](CO)[C@@H](C)O. The van der Waals surface area contributed by atoms with Crippen LogP contribution < -0.4 is 0 Å². The van der Waals surface area contributed by atoms with Gasteiger partial charge in [-0.15, -0.1) is 0 Å². The fourth-order valence-corrected chi connectivity index (χ4v) is 2.04. The third kappa shape index (κ3) is 2.76. The van der Waals surface area contributed by atoms with Gasteiger partial charge in [0.25, 0.3) is 0 Å². The minimum Gasteiger partial charge on any atom is -0.395 e. The molecule has 4 nitrogen and oxygen atoms in total. The molecule has 0 fully saturated rings. The summed E-state index contributed by atoms with van der Waals surface area (Å²) >= 11 is 0. The minimum absolute atomic E-state index is 0.0525. The lowest BCUT2D eigenvalue weighted by atomic mass is 10.3. The van der Waals surface area contributed by atoms with E-state index in [2.05, 4.69) is 0 Å². The molecule has 2 N–H and O–H groups in total. The van der Waals surface area contributed by atoms with E-state index in [1.165, 1.54) is 13.8 Å². The molecule has 2 atom stereocenters. The molecule has 0 saturated carbocycles. The topological polar surface area (TPSA) is 74.6 Å². The Balaban J connectivity index is 4.51. The van der Waals surface area contributed by atoms with Crippen LogP contribution >= 0.6 is 0 Å². The summed E-state index contributed by atoms with van der Waals surface area (Å²) in [4.78, 5) is 0. The number of hydrogen-bond donors (Lipinski definition) is 2. The predicted octanol–water partition coefficient (Wildman–Crippen LogP) is -0.837. The van der Waals surface area contributed by atoms with Crippen molar-refractivity contribution in [1.82, 2.24) is 0 Å². The number of rotatable bonds is 4. The number of aliphatic hydroxyl groups excluding tert-OH is 2. The van der Waals surface area contributed by atoms with Crippen molar-refractivity contribution in [3.05, 3.63) is 0 Å². The lowest BCUT2D eigenvalue weighted by Crippen LogP contribution is -2.36. The molecule has 0 aliphatic carbocycles. The zero-order chi connectivity index (χ0) is 9.07. The van der Waals surface area contributed by atoms with Gasteiger partial charge in [-0.05, 0) is 6.92 Å². The average Bonchev–Trinajstić information content (AvgIpc) is 1.88. The average molecular weight is 182 g/mol. The van der Waals surface area contributed by atoms with Gasteiger partial charge in [0.2, 0.25) is 0 Å². The van der Waals surface area contributed by atoms with Gasteiger partial charge in [0.05, 0.1) is 12.7 Å². The highest BCUT2D eigenvalue weighted by atomic mass is 32.2. The highest BCUT2D eigenvalue weighted by Gasteiger charge is 2.27. The van der Waals surface area contributed by atoms with Crippen molar-refractivity contribution in [2.45, 2.75) is 25.2 Å². The Hall–Kier alpha value is -0.130. The van der Waals surface area contributed by atoms with Gasteiger partial charge in [-0.1, -0.05) is 6.92 Å². The Morgan fingerprint density at radius 3 is 2.00 bits per heavy atom. The van der Waals surface area contributed by atoms with Crippen LogP contribution in [0.5, 0.6) is 0 Å². The molecule has 0 unspecified atom stereocenters. The lowest BCUT2D eigenvalue weighted by Gasteiger charge is -2.16. The summed E-state index contributed by atoms with van der Waals surface area (Å²) in [7, 11) is -3.31. The highest BCUT2D eigenvalue weighted by molar-refractivity contribution is 7.92. The second-order valence-electron chi connectivity index (χ2n) is 2.41. The molecule has 5 heteroatoms. The van der Waals surface area contributed by atoms with Crippen LogP contribution in [0.2, 0.25) is 0 Å². The molecule has 0 aliphatic heterocycles. The Kier molecular flexibility index (Phi) is 3.99. The first-order valence-electron chi connectivity index (χ1n) is 3.46. The van der Waals surface area contributed by atoms with Crippen molar-refractivity contribution >= 4 is 9.84 Å². The molecule has 11 heavy (non-hydrogen) atoms. The van der Waals surface area contributed by atoms with E-state index in [9.17, 15) is 8.42 Å². The molecule has 0 aromatic carbocycles. The molecule has 0 aliphatic rings. The second kappa shape index (κ2) is 4.04. The first kappa shape index (κ1) is 10.9. The van der Waals surface area contributed by atoms with Gasteiger partial charge >= 0.3 is 0 Å². The molecule has 68 valence electrons. The third-order valence-electron chi connectivity index (χ3n) is 1.58. The quantitative estimate of drug-likeness (QED) is 0.594. The Labute approximate surface area is 66.8 Å². The maximum absolute atomic E-state index is 11.1. The fraction of sp³-hybridized carbons (Fsp3) is 1.00. The standard InChI is InChI=1S/C6H14O4S/c1-3-11(9,10)6(4-7)5(2)8/h5-8H,3-4H2,1-2H3/t5-,6+/m1/s1. The van der Waals surface area contributed by atoms with E-state index in [-0.39, 0.29) is 5.75 Å². The maximum Gasteiger partial charge on any atom is 0.157 e. The van der Waals surface area contributed by atoms with Gasteiger partial charge in [-0.25, -0.2) is 8.42 Å². The van der Waals surface area contributed by atoms with Crippen molar-refractivity contribution in [2.75, 3.05) is 12.4 Å². The zero-order valence-electron chi connectivity index (χ0n) is 6.69. The smallest absolute Gasteiger partial charge is 0.157 e. The van der Waals surface area contributed by atoms with E-state index in [0.29, 0.717) is 0 Å². The molecule has 0 aromatic rings. The van der Waals surface area contributed by atoms with E-state index < -0.39 is 27.8 Å². The van der Waals surface area contributed by atoms with Crippen LogP contribution in [0.3, 0.4) is 0 Å². The second-order valence-corrected chi connectivity index (χ2v) is 4.92. The fourth-order valence-electron chi connectivity index (χ4n) is 0.780. The van der Waals surface area contributed by atoms with Crippen LogP contribution in [0.15, 0.2) is 0 Å². The lowest BCUT2D eigenvalue weighted by molar-refractivity contribution is 0.152. The number of sulfone groups is 1. The number of aliphatic hydroxyl groups is 2. The van der Waals surface area contributed by atoms with Crippen LogP contribution in [-0.2, 0) is 9.84 Å². The molecular formula is C6H14O4S. The zero-order valence-corrected chi connectivity index (χ0v) is 7.50. The summed E-state index contributed by atoms with van der Waals surface area (Å²) in [5, 5.41) is 16.5. The van der Waals surface area contributed by atoms with Gasteiger partial charge in [-0.2, -0.15) is 0 Å². The van der Waals surface area contributed by atoms with Crippen LogP contribution in [0, 0.1) is 0 Å². The van der Waals surface area contributed by atoms with E-state index in [4.69, 9.17) is 10.2 Å². The van der Waals surface area contributed by atoms with Crippen LogP contribution in [0.4, 0.5) is 0 Å². The number of hydrogen-bond acceptors (Lipinski definition) is 4. The molecule has 0 bridgehead atoms. The highest BCUT2D eigenvalue weighted by Crippen LogP contribution is 2.06. The molecule has 0 saturated heterocycles. The first-order valence-corrected chi connectivity index (χ1v) is 5.17. The summed E-state index contributed by atoms with van der Waals surface area (Å²) in [5.41, 5.74) is 0. The van der Waals surface area contributed by atoms with E-state index >= 15 is 0 Å². The summed E-state index contributed by atoms with van der Waals surface area (Å²) in [6.07, 6.45) is -1.01. The monoisotopic (exact) mass is 182 g/mol. The van der Waals surface area contributed by atoms with Crippen LogP contribution in [0.25, 0.3) is 0 Å². The third-order valence-corrected chi connectivity index (χ3v) is 3.85. The molecular weight excluding hydrogens is 168 g/mol. The largest absolute Gasteiger partial charge is 0.395 e. The van der Waals surface area contributed by atoms with Crippen LogP contribution in [-0.4, -0.2) is 42.3 Å². The Bertz CT molecular complexity index is 195. The maximum atomic E-state index is 11.1. The normalized spacial score (nSPS) is 17.8. The molecule has 0 heterocycles. The first-order chi connectivity index (χ1) is 4.95. The van der Waals surface area contributed by atoms with Gasteiger partial charge in [0.1, 0.15) is 5.25 Å². The van der Waals surface area contributed by atoms with Gasteiger partial charge in [0.15, 0.2) is 9.84 Å². The van der Waals surface area contributed by atoms with Crippen molar-refractivity contribution in [2.24, 2.45) is 0 Å². The van der Waals surface area contributed by atoms with Crippen molar-refractivity contribution < 1.29 is 18.6 Å². The van der Waals surface area contributed by atoms with Gasteiger partial charge in [-0.3, -0.25) is 0 Å². The van der Waals surface area contributed by atoms with E-state index in [0.717, 1.165) is 0 Å². The molecule has 0 amide bonds. The van der Waals surface area contributed by atoms with Crippen molar-refractivity contribution in [1.29, 1.82) is 0 Å². The van der Waals surface area contributed by atoms with E-state index in [1.54, 1.807) is 0 Å². The Morgan fingerprint density at radius 1 is 1.45 bits per heavy atom. The minimum atomic E-state index is -3.31. The van der Waals surface area contributed by atoms with Crippen molar-refractivity contribution in [3.8, 4) is 0 Å². The van der Waals surface area contributed by atoms with Gasteiger partial charge in [0, 0.05) is 5.75 Å². The van der Waals surface area contributed by atoms with E-state index in [1.807, 2.05) is 0 Å². The molecule has 0 rings (SSSR count). The Morgan fingerprint density at radius 2 is 1.91 bits per heavy atom. The summed E-state index contributed by atoms with van der Waals surface area (Å²) in [6.45, 7) is 2.32. The summed E-state index contributed by atoms with van der Waals surface area (Å²) in [5.74, 6) is -0.0525. The predicted molar refractivity (Wildman–Crippen MR) is 42.0 cm³/mol. The van der Waals surface area contributed by atoms with Crippen LogP contribution in [0.1, 0.15) is 13.8 Å². The molecule has 0 aromatic heterocycles.